The molecule has 0 amide bonds. The van der Waals surface area contributed by atoms with Crippen LogP contribution in [0.1, 0.15) is 24.7 Å². The first-order valence-electron chi connectivity index (χ1n) is 7.22. The Hall–Kier alpha value is -2.41. The molecule has 2 heterocycles. The van der Waals surface area contributed by atoms with Crippen molar-refractivity contribution >= 4 is 23.6 Å². The molecule has 120 valence electrons. The van der Waals surface area contributed by atoms with Gasteiger partial charge in [0.2, 0.25) is 0 Å². The molecular weight excluding hydrogens is 320 g/mol. The van der Waals surface area contributed by atoms with Crippen molar-refractivity contribution in [1.29, 1.82) is 0 Å². The molecule has 0 saturated heterocycles. The SMILES string of the molecule is CCCn1nnnc1COC(=O)C1=Cc2cc(Cl)ccc2OC1. The highest BCUT2D eigenvalue weighted by Crippen LogP contribution is 2.29. The van der Waals surface area contributed by atoms with Crippen LogP contribution in [-0.2, 0) is 22.7 Å². The number of esters is 1. The molecule has 7 nitrogen and oxygen atoms in total. The molecule has 0 bridgehead atoms. The summed E-state index contributed by atoms with van der Waals surface area (Å²) < 4.78 is 12.4. The highest BCUT2D eigenvalue weighted by atomic mass is 35.5. The highest BCUT2D eigenvalue weighted by Gasteiger charge is 2.19. The van der Waals surface area contributed by atoms with E-state index in [2.05, 4.69) is 15.5 Å². The molecule has 1 aromatic carbocycles. The summed E-state index contributed by atoms with van der Waals surface area (Å²) in [5.74, 6) is 0.750. The van der Waals surface area contributed by atoms with Crippen molar-refractivity contribution in [3.8, 4) is 5.75 Å². The Morgan fingerprint density at radius 1 is 1.48 bits per heavy atom. The van der Waals surface area contributed by atoms with Gasteiger partial charge in [0.15, 0.2) is 12.4 Å². The largest absolute Gasteiger partial charge is 0.488 e. The predicted octanol–water partition coefficient (Wildman–Crippen LogP) is 2.26. The summed E-state index contributed by atoms with van der Waals surface area (Å²) in [5.41, 5.74) is 1.18. The minimum absolute atomic E-state index is 0.0194. The van der Waals surface area contributed by atoms with Gasteiger partial charge in [-0.2, -0.15) is 0 Å². The molecule has 1 aliphatic heterocycles. The Morgan fingerprint density at radius 3 is 3.17 bits per heavy atom. The minimum atomic E-state index is -0.457. The number of ether oxygens (including phenoxy) is 2. The number of carbonyl (C=O) groups is 1. The summed E-state index contributed by atoms with van der Waals surface area (Å²) >= 11 is 5.95. The summed E-state index contributed by atoms with van der Waals surface area (Å²) in [6, 6.07) is 5.26. The molecule has 2 aromatic rings. The minimum Gasteiger partial charge on any atom is -0.488 e. The Morgan fingerprint density at radius 2 is 2.35 bits per heavy atom. The third-order valence-electron chi connectivity index (χ3n) is 3.32. The van der Waals surface area contributed by atoms with E-state index in [1.807, 2.05) is 6.92 Å². The second-order valence-corrected chi connectivity index (χ2v) is 5.47. The number of aryl methyl sites for hydroxylation is 1. The molecule has 3 rings (SSSR count). The van der Waals surface area contributed by atoms with E-state index in [9.17, 15) is 4.79 Å². The first kappa shape index (κ1) is 15.5. The highest BCUT2D eigenvalue weighted by molar-refractivity contribution is 6.30. The molecule has 0 radical (unpaired) electrons. The van der Waals surface area contributed by atoms with E-state index in [1.54, 1.807) is 29.0 Å². The first-order chi connectivity index (χ1) is 11.2. The number of fused-ring (bicyclic) bond motifs is 1. The molecule has 0 N–H and O–H groups in total. The molecule has 0 spiro atoms. The normalized spacial score (nSPS) is 13.0. The monoisotopic (exact) mass is 334 g/mol. The number of nitrogens with zero attached hydrogens (tertiary/aromatic N) is 4. The van der Waals surface area contributed by atoms with Crippen LogP contribution in [0, 0.1) is 0 Å². The van der Waals surface area contributed by atoms with Crippen LogP contribution in [0.15, 0.2) is 23.8 Å². The van der Waals surface area contributed by atoms with Gasteiger partial charge in [0.25, 0.3) is 0 Å². The second kappa shape index (κ2) is 6.78. The van der Waals surface area contributed by atoms with E-state index in [0.29, 0.717) is 28.7 Å². The van der Waals surface area contributed by atoms with Gasteiger partial charge >= 0.3 is 5.97 Å². The van der Waals surface area contributed by atoms with Gasteiger partial charge in [-0.25, -0.2) is 9.48 Å². The Balaban J connectivity index is 1.68. The van der Waals surface area contributed by atoms with Crippen molar-refractivity contribution < 1.29 is 14.3 Å². The number of tetrazole rings is 1. The van der Waals surface area contributed by atoms with Crippen LogP contribution in [0.2, 0.25) is 5.02 Å². The molecule has 8 heteroatoms. The Labute approximate surface area is 137 Å². The molecule has 23 heavy (non-hydrogen) atoms. The summed E-state index contributed by atoms with van der Waals surface area (Å²) in [5, 5.41) is 11.9. The number of halogens is 1. The molecule has 1 aliphatic rings. The van der Waals surface area contributed by atoms with E-state index in [4.69, 9.17) is 21.1 Å². The van der Waals surface area contributed by atoms with E-state index < -0.39 is 5.97 Å². The standard InChI is InChI=1S/C15H15ClN4O3/c1-2-5-20-14(17-18-19-20)9-23-15(21)11-6-10-7-12(16)3-4-13(10)22-8-11/h3-4,6-7H,2,5,8-9H2,1H3. The van der Waals surface area contributed by atoms with Gasteiger partial charge in [-0.3, -0.25) is 0 Å². The Bertz CT molecular complexity index is 757. The van der Waals surface area contributed by atoms with Crippen LogP contribution in [0.3, 0.4) is 0 Å². The zero-order chi connectivity index (χ0) is 16.2. The first-order valence-corrected chi connectivity index (χ1v) is 7.60. The van der Waals surface area contributed by atoms with Crippen molar-refractivity contribution in [2.24, 2.45) is 0 Å². The smallest absolute Gasteiger partial charge is 0.337 e. The number of aromatic nitrogens is 4. The van der Waals surface area contributed by atoms with Gasteiger partial charge in [0.05, 0.1) is 5.57 Å². The van der Waals surface area contributed by atoms with Crippen LogP contribution < -0.4 is 4.74 Å². The fraction of sp³-hybridized carbons (Fsp3) is 0.333. The van der Waals surface area contributed by atoms with Gasteiger partial charge < -0.3 is 9.47 Å². The summed E-state index contributed by atoms with van der Waals surface area (Å²) in [4.78, 5) is 12.2. The lowest BCUT2D eigenvalue weighted by Crippen LogP contribution is -2.18. The lowest BCUT2D eigenvalue weighted by Gasteiger charge is -2.17. The fourth-order valence-electron chi connectivity index (χ4n) is 2.20. The third-order valence-corrected chi connectivity index (χ3v) is 3.56. The zero-order valence-electron chi connectivity index (χ0n) is 12.5. The third kappa shape index (κ3) is 3.50. The summed E-state index contributed by atoms with van der Waals surface area (Å²) in [6.07, 6.45) is 2.62. The molecule has 0 fully saturated rings. The van der Waals surface area contributed by atoms with Crippen molar-refractivity contribution in [2.45, 2.75) is 26.5 Å². The molecule has 0 unspecified atom stereocenters. The average Bonchev–Trinajstić information content (AvgIpc) is 2.99. The molecule has 0 atom stereocenters. The summed E-state index contributed by atoms with van der Waals surface area (Å²) in [6.45, 7) is 2.88. The van der Waals surface area contributed by atoms with Gasteiger partial charge in [0, 0.05) is 17.1 Å². The fourth-order valence-corrected chi connectivity index (χ4v) is 2.38. The number of benzene rings is 1. The molecule has 0 saturated carbocycles. The summed E-state index contributed by atoms with van der Waals surface area (Å²) in [7, 11) is 0. The maximum atomic E-state index is 12.2. The quantitative estimate of drug-likeness (QED) is 0.780. The van der Waals surface area contributed by atoms with Crippen LogP contribution in [0.4, 0.5) is 0 Å². The molecule has 1 aromatic heterocycles. The van der Waals surface area contributed by atoms with Crippen LogP contribution >= 0.6 is 11.6 Å². The van der Waals surface area contributed by atoms with Gasteiger partial charge in [-0.05, 0) is 41.1 Å². The van der Waals surface area contributed by atoms with E-state index in [-0.39, 0.29) is 13.2 Å². The van der Waals surface area contributed by atoms with E-state index in [1.165, 1.54) is 0 Å². The maximum Gasteiger partial charge on any atom is 0.337 e. The van der Waals surface area contributed by atoms with Gasteiger partial charge in [0.1, 0.15) is 12.4 Å². The Kier molecular flexibility index (Phi) is 4.57. The number of rotatable bonds is 5. The van der Waals surface area contributed by atoms with Crippen molar-refractivity contribution in [1.82, 2.24) is 20.2 Å². The predicted molar refractivity (Wildman–Crippen MR) is 82.8 cm³/mol. The molecule has 0 aliphatic carbocycles. The van der Waals surface area contributed by atoms with E-state index >= 15 is 0 Å². The number of hydrogen-bond donors (Lipinski definition) is 0. The van der Waals surface area contributed by atoms with Gasteiger partial charge in [-0.1, -0.05) is 18.5 Å². The zero-order valence-corrected chi connectivity index (χ0v) is 13.3. The number of hydrogen-bond acceptors (Lipinski definition) is 6. The van der Waals surface area contributed by atoms with Crippen molar-refractivity contribution in [3.63, 3.8) is 0 Å². The molecular formula is C15H15ClN4O3. The lowest BCUT2D eigenvalue weighted by atomic mass is 10.1. The second-order valence-electron chi connectivity index (χ2n) is 5.03. The maximum absolute atomic E-state index is 12.2. The van der Waals surface area contributed by atoms with Crippen LogP contribution in [-0.4, -0.2) is 32.8 Å². The van der Waals surface area contributed by atoms with Crippen molar-refractivity contribution in [2.75, 3.05) is 6.61 Å². The number of carbonyl (C=O) groups excluding carboxylic acids is 1. The lowest BCUT2D eigenvalue weighted by molar-refractivity contribution is -0.140. The van der Waals surface area contributed by atoms with Crippen molar-refractivity contribution in [3.05, 3.63) is 40.2 Å². The average molecular weight is 335 g/mol. The topological polar surface area (TPSA) is 79.1 Å². The van der Waals surface area contributed by atoms with Gasteiger partial charge in [-0.15, -0.1) is 5.10 Å². The van der Waals surface area contributed by atoms with Crippen LogP contribution in [0.5, 0.6) is 5.75 Å². The van der Waals surface area contributed by atoms with Crippen LogP contribution in [0.25, 0.3) is 6.08 Å². The van der Waals surface area contributed by atoms with E-state index in [0.717, 1.165) is 12.0 Å².